The number of nitrogens with two attached hydrogens (primary N) is 1. The monoisotopic (exact) mass is 238 g/mol. The van der Waals surface area contributed by atoms with E-state index in [4.69, 9.17) is 5.73 Å². The van der Waals surface area contributed by atoms with Gasteiger partial charge in [0.25, 0.3) is 0 Å². The van der Waals surface area contributed by atoms with E-state index < -0.39 is 0 Å². The van der Waals surface area contributed by atoms with Gasteiger partial charge >= 0.3 is 0 Å². The minimum absolute atomic E-state index is 0.706. The predicted molar refractivity (Wildman–Crippen MR) is 68.9 cm³/mol. The molecule has 0 bridgehead atoms. The molecule has 1 heterocycles. The van der Waals surface area contributed by atoms with Gasteiger partial charge in [0.1, 0.15) is 11.0 Å². The molecule has 0 atom stereocenters. The second kappa shape index (κ2) is 4.25. The van der Waals surface area contributed by atoms with Crippen molar-refractivity contribution in [1.82, 2.24) is 15.4 Å². The normalized spacial score (nSPS) is 11.3. The van der Waals surface area contributed by atoms with Gasteiger partial charge in [-0.25, -0.2) is 0 Å². The number of benzene rings is 2. The van der Waals surface area contributed by atoms with E-state index in [0.29, 0.717) is 5.69 Å². The minimum Gasteiger partial charge on any atom is -0.399 e. The Morgan fingerprint density at radius 3 is 2.33 bits per heavy atom. The van der Waals surface area contributed by atoms with Crippen LogP contribution in [0.25, 0.3) is 11.0 Å². The van der Waals surface area contributed by atoms with E-state index in [1.807, 2.05) is 30.3 Å². The fraction of sp³-hybridized carbons (Fsp3) is 0. The van der Waals surface area contributed by atoms with Crippen molar-refractivity contribution in [1.29, 1.82) is 0 Å². The third kappa shape index (κ3) is 2.03. The summed E-state index contributed by atoms with van der Waals surface area (Å²) in [5, 5.41) is 18.8. The van der Waals surface area contributed by atoms with Crippen LogP contribution in [-0.2, 0) is 0 Å². The summed E-state index contributed by atoms with van der Waals surface area (Å²) in [6.45, 7) is 0. The van der Waals surface area contributed by atoms with Crippen LogP contribution in [0, 0.1) is 0 Å². The topological polar surface area (TPSA) is 92.3 Å². The van der Waals surface area contributed by atoms with E-state index >= 15 is 0 Å². The first-order valence-electron chi connectivity index (χ1n) is 5.39. The van der Waals surface area contributed by atoms with Crippen molar-refractivity contribution in [3.05, 3.63) is 42.5 Å². The summed E-state index contributed by atoms with van der Waals surface area (Å²) in [7, 11) is 0. The number of rotatable bonds is 2. The van der Waals surface area contributed by atoms with Gasteiger partial charge in [-0.1, -0.05) is 0 Å². The molecule has 2 aromatic carbocycles. The number of hydrogen-bond donors (Lipinski definition) is 2. The van der Waals surface area contributed by atoms with E-state index in [1.54, 1.807) is 12.1 Å². The molecule has 3 N–H and O–H groups in total. The second-order valence-corrected chi connectivity index (χ2v) is 3.79. The zero-order valence-corrected chi connectivity index (χ0v) is 9.41. The molecule has 3 rings (SSSR count). The van der Waals surface area contributed by atoms with Crippen molar-refractivity contribution in [3.63, 3.8) is 0 Å². The van der Waals surface area contributed by atoms with Crippen LogP contribution in [0.2, 0.25) is 0 Å². The molecule has 0 unspecified atom stereocenters. The summed E-state index contributed by atoms with van der Waals surface area (Å²) < 4.78 is 0. The first-order chi connectivity index (χ1) is 8.81. The number of H-pyrrole nitrogens is 1. The molecule has 0 saturated heterocycles. The number of nitrogens with one attached hydrogen (secondary N) is 1. The summed E-state index contributed by atoms with van der Waals surface area (Å²) in [4.78, 5) is 0. The molecular formula is C12H10N6. The molecule has 0 spiro atoms. The number of nitrogen functional groups attached to an aromatic ring is 1. The number of anilines is 1. The Labute approximate surface area is 103 Å². The average Bonchev–Trinajstić information content (AvgIpc) is 2.85. The van der Waals surface area contributed by atoms with E-state index in [9.17, 15) is 0 Å². The van der Waals surface area contributed by atoms with Crippen LogP contribution < -0.4 is 5.73 Å². The molecule has 0 aliphatic heterocycles. The number of aromatic amines is 1. The lowest BCUT2D eigenvalue weighted by atomic mass is 10.3. The Kier molecular flexibility index (Phi) is 2.45. The highest BCUT2D eigenvalue weighted by Crippen LogP contribution is 2.21. The first-order valence-corrected chi connectivity index (χ1v) is 5.39. The van der Waals surface area contributed by atoms with Crippen LogP contribution in [0.15, 0.2) is 52.7 Å². The SMILES string of the molecule is Nc1ccc(N=Nc2ccc3n[nH]nc3c2)cc1. The molecule has 0 fully saturated rings. The van der Waals surface area contributed by atoms with Gasteiger partial charge in [0.15, 0.2) is 0 Å². The summed E-state index contributed by atoms with van der Waals surface area (Å²) >= 11 is 0. The minimum atomic E-state index is 0.706. The molecule has 6 nitrogen and oxygen atoms in total. The summed E-state index contributed by atoms with van der Waals surface area (Å²) in [5.41, 5.74) is 9.36. The van der Waals surface area contributed by atoms with Crippen molar-refractivity contribution in [3.8, 4) is 0 Å². The van der Waals surface area contributed by atoms with Gasteiger partial charge in [-0.15, -0.1) is 0 Å². The quantitative estimate of drug-likeness (QED) is 0.531. The molecular weight excluding hydrogens is 228 g/mol. The van der Waals surface area contributed by atoms with Crippen LogP contribution >= 0.6 is 0 Å². The van der Waals surface area contributed by atoms with Crippen LogP contribution in [0.1, 0.15) is 0 Å². The number of nitrogens with zero attached hydrogens (tertiary/aromatic N) is 4. The van der Waals surface area contributed by atoms with Crippen molar-refractivity contribution in [2.24, 2.45) is 10.2 Å². The maximum absolute atomic E-state index is 5.59. The number of azo groups is 1. The van der Waals surface area contributed by atoms with Gasteiger partial charge < -0.3 is 5.73 Å². The van der Waals surface area contributed by atoms with Gasteiger partial charge in [0.05, 0.1) is 11.4 Å². The molecule has 0 aliphatic carbocycles. The maximum Gasteiger partial charge on any atom is 0.115 e. The Morgan fingerprint density at radius 2 is 1.50 bits per heavy atom. The molecule has 1 aromatic heterocycles. The Hall–Kier alpha value is -2.76. The fourth-order valence-electron chi connectivity index (χ4n) is 1.55. The Morgan fingerprint density at radius 1 is 0.833 bits per heavy atom. The lowest BCUT2D eigenvalue weighted by Gasteiger charge is -1.94. The van der Waals surface area contributed by atoms with Crippen molar-refractivity contribution < 1.29 is 0 Å². The molecule has 0 saturated carbocycles. The van der Waals surface area contributed by atoms with Gasteiger partial charge in [-0.2, -0.15) is 25.6 Å². The summed E-state index contributed by atoms with van der Waals surface area (Å²) in [5.74, 6) is 0. The third-order valence-corrected chi connectivity index (χ3v) is 2.47. The maximum atomic E-state index is 5.59. The van der Waals surface area contributed by atoms with Gasteiger partial charge in [0.2, 0.25) is 0 Å². The van der Waals surface area contributed by atoms with Crippen molar-refractivity contribution >= 4 is 28.1 Å². The van der Waals surface area contributed by atoms with Gasteiger partial charge in [-0.3, -0.25) is 0 Å². The summed E-state index contributed by atoms with van der Waals surface area (Å²) in [6.07, 6.45) is 0. The van der Waals surface area contributed by atoms with Crippen LogP contribution in [0.5, 0.6) is 0 Å². The lowest BCUT2D eigenvalue weighted by Crippen LogP contribution is -1.80. The lowest BCUT2D eigenvalue weighted by molar-refractivity contribution is 0.959. The van der Waals surface area contributed by atoms with Crippen LogP contribution in [-0.4, -0.2) is 15.4 Å². The zero-order valence-electron chi connectivity index (χ0n) is 9.41. The molecule has 88 valence electrons. The predicted octanol–water partition coefficient (Wildman–Crippen LogP) is 2.96. The Balaban J connectivity index is 1.88. The third-order valence-electron chi connectivity index (χ3n) is 2.47. The van der Waals surface area contributed by atoms with E-state index in [2.05, 4.69) is 25.6 Å². The van der Waals surface area contributed by atoms with E-state index in [0.717, 1.165) is 22.4 Å². The number of hydrogen-bond acceptors (Lipinski definition) is 5. The average molecular weight is 238 g/mol. The molecule has 0 aliphatic rings. The van der Waals surface area contributed by atoms with Gasteiger partial charge in [-0.05, 0) is 42.5 Å². The molecule has 0 amide bonds. The first kappa shape index (κ1) is 10.4. The van der Waals surface area contributed by atoms with Crippen LogP contribution in [0.4, 0.5) is 17.1 Å². The zero-order chi connectivity index (χ0) is 12.4. The molecule has 6 heteroatoms. The summed E-state index contributed by atoms with van der Waals surface area (Å²) in [6, 6.07) is 12.7. The standard InChI is InChI=1S/C12H10N6/c13-8-1-3-9(4-2-8)14-15-10-5-6-11-12(7-10)17-18-16-11/h1-7H,13H2,(H,16,17,18). The highest BCUT2D eigenvalue weighted by atomic mass is 15.3. The van der Waals surface area contributed by atoms with Crippen molar-refractivity contribution in [2.75, 3.05) is 5.73 Å². The number of aromatic nitrogens is 3. The second-order valence-electron chi connectivity index (χ2n) is 3.79. The van der Waals surface area contributed by atoms with E-state index in [-0.39, 0.29) is 0 Å². The molecule has 0 radical (unpaired) electrons. The number of fused-ring (bicyclic) bond motifs is 1. The molecule has 3 aromatic rings. The van der Waals surface area contributed by atoms with Gasteiger partial charge in [0, 0.05) is 5.69 Å². The van der Waals surface area contributed by atoms with E-state index in [1.165, 1.54) is 0 Å². The molecule has 18 heavy (non-hydrogen) atoms. The smallest absolute Gasteiger partial charge is 0.115 e. The Bertz CT molecular complexity index is 698. The highest BCUT2D eigenvalue weighted by molar-refractivity contribution is 5.76. The fourth-order valence-corrected chi connectivity index (χ4v) is 1.55. The van der Waals surface area contributed by atoms with Crippen LogP contribution in [0.3, 0.4) is 0 Å². The van der Waals surface area contributed by atoms with Crippen molar-refractivity contribution in [2.45, 2.75) is 0 Å². The largest absolute Gasteiger partial charge is 0.399 e. The highest BCUT2D eigenvalue weighted by Gasteiger charge is 1.98.